The zero-order valence-electron chi connectivity index (χ0n) is 12.6. The maximum absolute atomic E-state index is 11.2. The third-order valence-electron chi connectivity index (χ3n) is 4.01. The molecule has 1 fully saturated rings. The first kappa shape index (κ1) is 16.9. The van der Waals surface area contributed by atoms with Crippen molar-refractivity contribution in [3.63, 3.8) is 0 Å². The average molecular weight is 355 g/mol. The highest BCUT2D eigenvalue weighted by atomic mass is 32.1. The van der Waals surface area contributed by atoms with Crippen molar-refractivity contribution in [2.24, 2.45) is 0 Å². The van der Waals surface area contributed by atoms with Gasteiger partial charge < -0.3 is 25.8 Å². The molecule has 1 aliphatic heterocycles. The largest absolute Gasteiger partial charge is 0.481 e. The quantitative estimate of drug-likeness (QED) is 0.440. The van der Waals surface area contributed by atoms with Crippen LogP contribution in [-0.2, 0) is 9.53 Å². The molecule has 0 bridgehead atoms. The number of rotatable bonds is 4. The van der Waals surface area contributed by atoms with Gasteiger partial charge in [-0.15, -0.1) is 0 Å². The summed E-state index contributed by atoms with van der Waals surface area (Å²) in [6, 6.07) is 0. The van der Waals surface area contributed by atoms with Crippen molar-refractivity contribution in [2.75, 3.05) is 12.3 Å². The number of carbonyl (C=O) groups is 1. The predicted octanol–water partition coefficient (Wildman–Crippen LogP) is -0.854. The van der Waals surface area contributed by atoms with E-state index >= 15 is 0 Å². The molecule has 0 saturated carbocycles. The number of aliphatic carboxylic acids is 1. The summed E-state index contributed by atoms with van der Waals surface area (Å²) >= 11 is 4.33. The van der Waals surface area contributed by atoms with Gasteiger partial charge in [0, 0.05) is 0 Å². The van der Waals surface area contributed by atoms with Crippen LogP contribution >= 0.6 is 12.6 Å². The van der Waals surface area contributed by atoms with Crippen LogP contribution in [0.5, 0.6) is 0 Å². The van der Waals surface area contributed by atoms with Gasteiger partial charge in [0.2, 0.25) is 0 Å². The fraction of sp³-hybridized carbons (Fsp3) is 0.538. The third kappa shape index (κ3) is 2.59. The molecule has 3 rings (SSSR count). The van der Waals surface area contributed by atoms with Gasteiger partial charge >= 0.3 is 5.97 Å². The summed E-state index contributed by atoms with van der Waals surface area (Å²) in [5.41, 5.74) is 6.43. The molecule has 1 unspecified atom stereocenters. The van der Waals surface area contributed by atoms with E-state index < -0.39 is 35.6 Å². The van der Waals surface area contributed by atoms with E-state index in [1.807, 2.05) is 0 Å². The van der Waals surface area contributed by atoms with Crippen molar-refractivity contribution >= 4 is 35.6 Å². The molecule has 0 amide bonds. The Hall–Kier alpha value is -1.95. The lowest BCUT2D eigenvalue weighted by Gasteiger charge is -2.17. The maximum Gasteiger partial charge on any atom is 0.313 e. The van der Waals surface area contributed by atoms with Gasteiger partial charge in [0.15, 0.2) is 17.7 Å². The van der Waals surface area contributed by atoms with Crippen molar-refractivity contribution in [1.29, 1.82) is 0 Å². The number of aliphatic hydroxyl groups excluding tert-OH is 2. The van der Waals surface area contributed by atoms with Gasteiger partial charge in [0.25, 0.3) is 0 Å². The van der Waals surface area contributed by atoms with E-state index in [9.17, 15) is 15.0 Å². The van der Waals surface area contributed by atoms with E-state index in [1.165, 1.54) is 17.8 Å². The Labute approximate surface area is 141 Å². The molecule has 0 radical (unpaired) electrons. The molecule has 1 aliphatic rings. The molecule has 2 aromatic rings. The zero-order chi connectivity index (χ0) is 17.6. The number of fused-ring (bicyclic) bond motifs is 1. The Balaban J connectivity index is 2.08. The summed E-state index contributed by atoms with van der Waals surface area (Å²) in [5, 5.41) is 27.8. The standard InChI is InChI=1S/C13H17N5O5S/c1-4(13(21)22)10-16-9(14)6-11(17-10)18(3-15-6)12-8(24)7(20)5(2-19)23-12/h3-5,7-8,12,19-20,24H,2H2,1H3,(H,21,22)(H2,14,16,17)/t4?,5-,7-,8-,12-/m1/s1. The SMILES string of the molecule is CC(C(=O)O)c1nc(N)c2ncn([C@@H]3O[C@H](CO)[C@@H](O)[C@H]3S)c2n1. The molecule has 2 aromatic heterocycles. The molecule has 24 heavy (non-hydrogen) atoms. The van der Waals surface area contributed by atoms with Crippen LogP contribution in [0.15, 0.2) is 6.33 Å². The molecular formula is C13H17N5O5S. The number of hydrogen-bond donors (Lipinski definition) is 5. The summed E-state index contributed by atoms with van der Waals surface area (Å²) in [6.07, 6.45) is -1.10. The Kier molecular flexibility index (Phi) is 4.34. The lowest BCUT2D eigenvalue weighted by Crippen LogP contribution is -2.30. The highest BCUT2D eigenvalue weighted by Crippen LogP contribution is 2.35. The van der Waals surface area contributed by atoms with Gasteiger partial charge in [-0.25, -0.2) is 15.0 Å². The number of thiol groups is 1. The van der Waals surface area contributed by atoms with Gasteiger partial charge in [0.05, 0.1) is 24.3 Å². The van der Waals surface area contributed by atoms with Crippen LogP contribution in [0.2, 0.25) is 0 Å². The second-order valence-corrected chi connectivity index (χ2v) is 6.18. The van der Waals surface area contributed by atoms with Crippen molar-refractivity contribution in [2.45, 2.75) is 36.5 Å². The Morgan fingerprint density at radius 2 is 2.25 bits per heavy atom. The molecule has 5 atom stereocenters. The number of nitrogens with two attached hydrogens (primary N) is 1. The molecule has 130 valence electrons. The van der Waals surface area contributed by atoms with Crippen molar-refractivity contribution in [3.05, 3.63) is 12.2 Å². The summed E-state index contributed by atoms with van der Waals surface area (Å²) in [7, 11) is 0. The van der Waals surface area contributed by atoms with Gasteiger partial charge in [-0.1, -0.05) is 0 Å². The number of carboxylic acid groups (broad SMARTS) is 1. The molecule has 3 heterocycles. The minimum absolute atomic E-state index is 0.0437. The molecule has 0 spiro atoms. The van der Waals surface area contributed by atoms with Crippen LogP contribution in [-0.4, -0.2) is 64.9 Å². The Morgan fingerprint density at radius 3 is 2.83 bits per heavy atom. The van der Waals surface area contributed by atoms with Gasteiger partial charge in [-0.05, 0) is 6.92 Å². The Morgan fingerprint density at radius 1 is 1.54 bits per heavy atom. The number of aliphatic hydroxyl groups is 2. The van der Waals surface area contributed by atoms with Crippen LogP contribution < -0.4 is 5.73 Å². The number of nitrogens with zero attached hydrogens (tertiary/aromatic N) is 4. The number of hydrogen-bond acceptors (Lipinski definition) is 9. The van der Waals surface area contributed by atoms with Crippen LogP contribution in [0.3, 0.4) is 0 Å². The topological polar surface area (TPSA) is 157 Å². The predicted molar refractivity (Wildman–Crippen MR) is 85.6 cm³/mol. The monoisotopic (exact) mass is 355 g/mol. The molecule has 1 saturated heterocycles. The lowest BCUT2D eigenvalue weighted by molar-refractivity contribution is -0.138. The van der Waals surface area contributed by atoms with Crippen LogP contribution in [0, 0.1) is 0 Å². The molecule has 0 aliphatic carbocycles. The van der Waals surface area contributed by atoms with Crippen molar-refractivity contribution < 1.29 is 24.9 Å². The van der Waals surface area contributed by atoms with Crippen molar-refractivity contribution in [3.8, 4) is 0 Å². The summed E-state index contributed by atoms with van der Waals surface area (Å²) in [6.45, 7) is 1.09. The third-order valence-corrected chi connectivity index (χ3v) is 4.58. The zero-order valence-corrected chi connectivity index (χ0v) is 13.5. The van der Waals surface area contributed by atoms with E-state index in [0.717, 1.165) is 0 Å². The second kappa shape index (κ2) is 6.16. The lowest BCUT2D eigenvalue weighted by atomic mass is 10.1. The van der Waals surface area contributed by atoms with Gasteiger partial charge in [0.1, 0.15) is 23.4 Å². The number of aromatic nitrogens is 4. The van der Waals surface area contributed by atoms with Gasteiger partial charge in [-0.2, -0.15) is 12.6 Å². The highest BCUT2D eigenvalue weighted by Gasteiger charge is 2.43. The summed E-state index contributed by atoms with van der Waals surface area (Å²) in [4.78, 5) is 23.5. The number of carboxylic acids is 1. The second-order valence-electron chi connectivity index (χ2n) is 5.58. The number of imidazole rings is 1. The first-order chi connectivity index (χ1) is 11.3. The highest BCUT2D eigenvalue weighted by molar-refractivity contribution is 7.81. The van der Waals surface area contributed by atoms with Crippen LogP contribution in [0.4, 0.5) is 5.82 Å². The smallest absolute Gasteiger partial charge is 0.313 e. The maximum atomic E-state index is 11.2. The van der Waals surface area contributed by atoms with E-state index in [4.69, 9.17) is 15.6 Å². The fourth-order valence-corrected chi connectivity index (χ4v) is 2.96. The van der Waals surface area contributed by atoms with E-state index in [-0.39, 0.29) is 23.9 Å². The Bertz CT molecular complexity index is 783. The molecular weight excluding hydrogens is 338 g/mol. The van der Waals surface area contributed by atoms with Crippen LogP contribution in [0.1, 0.15) is 24.9 Å². The molecule has 10 nitrogen and oxygen atoms in total. The van der Waals surface area contributed by atoms with E-state index in [2.05, 4.69) is 27.6 Å². The molecule has 11 heteroatoms. The van der Waals surface area contributed by atoms with E-state index in [0.29, 0.717) is 5.52 Å². The normalized spacial score (nSPS) is 28.3. The fourth-order valence-electron chi connectivity index (χ4n) is 2.56. The average Bonchev–Trinajstić information content (AvgIpc) is 3.09. The number of nitrogen functional groups attached to an aromatic ring is 1. The van der Waals surface area contributed by atoms with Crippen LogP contribution in [0.25, 0.3) is 11.2 Å². The first-order valence-electron chi connectivity index (χ1n) is 7.20. The first-order valence-corrected chi connectivity index (χ1v) is 7.72. The number of ether oxygens (including phenoxy) is 1. The summed E-state index contributed by atoms with van der Waals surface area (Å²) in [5.74, 6) is -1.94. The molecule has 0 aromatic carbocycles. The van der Waals surface area contributed by atoms with Gasteiger partial charge in [-0.3, -0.25) is 9.36 Å². The minimum Gasteiger partial charge on any atom is -0.481 e. The van der Waals surface area contributed by atoms with E-state index in [1.54, 1.807) is 0 Å². The number of anilines is 1. The molecule has 5 N–H and O–H groups in total. The van der Waals surface area contributed by atoms with Crippen molar-refractivity contribution in [1.82, 2.24) is 19.5 Å². The minimum atomic E-state index is -1.08. The summed E-state index contributed by atoms with van der Waals surface area (Å²) < 4.78 is 7.11.